The van der Waals surface area contributed by atoms with Gasteiger partial charge in [0.1, 0.15) is 0 Å². The molecule has 0 aliphatic carbocycles. The minimum atomic E-state index is -0.371. The Labute approximate surface area is 132 Å². The lowest BCUT2D eigenvalue weighted by atomic mass is 10.2. The maximum absolute atomic E-state index is 11.7. The van der Waals surface area contributed by atoms with Gasteiger partial charge in [0.15, 0.2) is 6.61 Å². The molecule has 1 amide bonds. The maximum atomic E-state index is 11.7. The molecule has 0 aliphatic rings. The zero-order chi connectivity index (χ0) is 15.1. The van der Waals surface area contributed by atoms with E-state index in [4.69, 9.17) is 28.0 Å². The Balaban J connectivity index is 1.82. The average Bonchev–Trinajstić information content (AvgIpc) is 2.48. The summed E-state index contributed by atoms with van der Waals surface area (Å²) in [5.74, 6) is -0.371. The van der Waals surface area contributed by atoms with Crippen LogP contribution in [0.5, 0.6) is 0 Å². The third-order valence-electron chi connectivity index (χ3n) is 2.47. The van der Waals surface area contributed by atoms with Gasteiger partial charge in [-0.2, -0.15) is 0 Å². The number of nitrogens with zero attached hydrogens (tertiary/aromatic N) is 1. The van der Waals surface area contributed by atoms with Crippen LogP contribution in [0.3, 0.4) is 0 Å². The van der Waals surface area contributed by atoms with Crippen molar-refractivity contribution in [2.45, 2.75) is 0 Å². The molecule has 6 heteroatoms. The van der Waals surface area contributed by atoms with Gasteiger partial charge in [-0.25, -0.2) is 0 Å². The summed E-state index contributed by atoms with van der Waals surface area (Å²) < 4.78 is 0. The van der Waals surface area contributed by atoms with Gasteiger partial charge in [0.2, 0.25) is 0 Å². The van der Waals surface area contributed by atoms with Gasteiger partial charge < -0.3 is 10.2 Å². The Kier molecular flexibility index (Phi) is 5.60. The third-order valence-corrected chi connectivity index (χ3v) is 3.04. The number of amides is 1. The van der Waals surface area contributed by atoms with Gasteiger partial charge in [0.25, 0.3) is 5.91 Å². The van der Waals surface area contributed by atoms with E-state index in [2.05, 4.69) is 10.5 Å². The first-order valence-corrected chi connectivity index (χ1v) is 6.86. The molecule has 0 saturated heterocycles. The summed E-state index contributed by atoms with van der Waals surface area (Å²) in [5.41, 5.74) is 1.32. The number of hydrogen-bond donors (Lipinski definition) is 1. The smallest absolute Gasteiger partial charge is 0.265 e. The minimum Gasteiger partial charge on any atom is -0.386 e. The van der Waals surface area contributed by atoms with E-state index in [1.807, 2.05) is 30.3 Å². The maximum Gasteiger partial charge on any atom is 0.265 e. The highest BCUT2D eigenvalue weighted by atomic mass is 35.5. The Bertz CT molecular complexity index is 645. The number of carbonyl (C=O) groups excluding carboxylic acids is 1. The highest BCUT2D eigenvalue weighted by Gasteiger charge is 2.06. The molecule has 0 bridgehead atoms. The van der Waals surface area contributed by atoms with Crippen molar-refractivity contribution in [3.05, 3.63) is 64.1 Å². The van der Waals surface area contributed by atoms with E-state index in [1.54, 1.807) is 18.2 Å². The largest absolute Gasteiger partial charge is 0.386 e. The van der Waals surface area contributed by atoms with Crippen LogP contribution in [0.15, 0.2) is 53.7 Å². The molecule has 0 saturated carbocycles. The highest BCUT2D eigenvalue weighted by molar-refractivity contribution is 6.35. The first kappa shape index (κ1) is 15.4. The summed E-state index contributed by atoms with van der Waals surface area (Å²) in [7, 11) is 0. The molecule has 108 valence electrons. The Morgan fingerprint density at radius 3 is 2.71 bits per heavy atom. The summed E-state index contributed by atoms with van der Waals surface area (Å²) in [6.45, 7) is -0.216. The first-order valence-electron chi connectivity index (χ1n) is 6.10. The van der Waals surface area contributed by atoms with Crippen molar-refractivity contribution in [3.8, 4) is 0 Å². The molecule has 21 heavy (non-hydrogen) atoms. The van der Waals surface area contributed by atoms with Gasteiger partial charge in [-0.15, -0.1) is 0 Å². The number of halogens is 2. The van der Waals surface area contributed by atoms with Crippen LogP contribution >= 0.6 is 23.2 Å². The second-order valence-corrected chi connectivity index (χ2v) is 4.93. The van der Waals surface area contributed by atoms with E-state index in [0.717, 1.165) is 5.56 Å². The second kappa shape index (κ2) is 7.67. The highest BCUT2D eigenvalue weighted by Crippen LogP contribution is 2.25. The molecule has 1 N–H and O–H groups in total. The fourth-order valence-corrected chi connectivity index (χ4v) is 1.85. The number of oxime groups is 1. The normalized spacial score (nSPS) is 10.6. The zero-order valence-corrected chi connectivity index (χ0v) is 12.4. The number of anilines is 1. The fourth-order valence-electron chi connectivity index (χ4n) is 1.51. The van der Waals surface area contributed by atoms with E-state index in [1.165, 1.54) is 6.21 Å². The SMILES string of the molecule is O=C(CO/N=C\c1ccccc1)Nc1cc(Cl)ccc1Cl. The van der Waals surface area contributed by atoms with Crippen LogP contribution in [-0.4, -0.2) is 18.7 Å². The number of rotatable bonds is 5. The zero-order valence-electron chi connectivity index (χ0n) is 10.9. The Hall–Kier alpha value is -2.04. The summed E-state index contributed by atoms with van der Waals surface area (Å²) in [4.78, 5) is 16.6. The third kappa shape index (κ3) is 5.10. The van der Waals surface area contributed by atoms with Crippen molar-refractivity contribution in [3.63, 3.8) is 0 Å². The standard InChI is InChI=1S/C15H12Cl2N2O2/c16-12-6-7-13(17)14(8-12)19-15(20)10-21-18-9-11-4-2-1-3-5-11/h1-9H,10H2,(H,19,20)/b18-9-. The second-order valence-electron chi connectivity index (χ2n) is 4.09. The molecule has 2 rings (SSSR count). The quantitative estimate of drug-likeness (QED) is 0.668. The van der Waals surface area contributed by atoms with Gasteiger partial charge in [-0.05, 0) is 23.8 Å². The summed E-state index contributed by atoms with van der Waals surface area (Å²) in [6, 6.07) is 14.2. The number of nitrogens with one attached hydrogen (secondary N) is 1. The molecule has 0 aliphatic heterocycles. The van der Waals surface area contributed by atoms with Gasteiger partial charge in [-0.1, -0.05) is 58.7 Å². The van der Waals surface area contributed by atoms with Crippen LogP contribution in [0.25, 0.3) is 0 Å². The first-order chi connectivity index (χ1) is 10.1. The van der Waals surface area contributed by atoms with Crippen molar-refractivity contribution < 1.29 is 9.63 Å². The van der Waals surface area contributed by atoms with Gasteiger partial charge in [-0.3, -0.25) is 4.79 Å². The lowest BCUT2D eigenvalue weighted by molar-refractivity contribution is -0.120. The molecule has 0 atom stereocenters. The van der Waals surface area contributed by atoms with Crippen molar-refractivity contribution in [1.29, 1.82) is 0 Å². The molecular formula is C15H12Cl2N2O2. The molecule has 0 heterocycles. The lowest BCUT2D eigenvalue weighted by Gasteiger charge is -2.06. The van der Waals surface area contributed by atoms with Crippen LogP contribution in [-0.2, 0) is 9.63 Å². The molecule has 0 aromatic heterocycles. The van der Waals surface area contributed by atoms with E-state index < -0.39 is 0 Å². The van der Waals surface area contributed by atoms with Crippen molar-refractivity contribution >= 4 is 41.0 Å². The molecule has 4 nitrogen and oxygen atoms in total. The van der Waals surface area contributed by atoms with Crippen LogP contribution in [0.2, 0.25) is 10.0 Å². The predicted molar refractivity (Wildman–Crippen MR) is 85.1 cm³/mol. The Morgan fingerprint density at radius 2 is 1.95 bits per heavy atom. The van der Waals surface area contributed by atoms with E-state index in [-0.39, 0.29) is 12.5 Å². The van der Waals surface area contributed by atoms with Gasteiger partial charge >= 0.3 is 0 Å². The lowest BCUT2D eigenvalue weighted by Crippen LogP contribution is -2.17. The molecule has 0 spiro atoms. The topological polar surface area (TPSA) is 50.7 Å². The van der Waals surface area contributed by atoms with Crippen LogP contribution in [0, 0.1) is 0 Å². The van der Waals surface area contributed by atoms with Crippen LogP contribution in [0.4, 0.5) is 5.69 Å². The molecular weight excluding hydrogens is 311 g/mol. The average molecular weight is 323 g/mol. The molecule has 0 fully saturated rings. The number of carbonyl (C=O) groups is 1. The Morgan fingerprint density at radius 1 is 1.19 bits per heavy atom. The molecule has 0 radical (unpaired) electrons. The number of benzene rings is 2. The minimum absolute atomic E-state index is 0.216. The monoisotopic (exact) mass is 322 g/mol. The van der Waals surface area contributed by atoms with E-state index >= 15 is 0 Å². The molecule has 0 unspecified atom stereocenters. The van der Waals surface area contributed by atoms with Gasteiger partial charge in [0.05, 0.1) is 16.9 Å². The molecule has 2 aromatic carbocycles. The predicted octanol–water partition coefficient (Wildman–Crippen LogP) is 3.98. The van der Waals surface area contributed by atoms with E-state index in [9.17, 15) is 4.79 Å². The number of hydrogen-bond acceptors (Lipinski definition) is 3. The summed E-state index contributed by atoms with van der Waals surface area (Å²) >= 11 is 11.8. The fraction of sp³-hybridized carbons (Fsp3) is 0.0667. The summed E-state index contributed by atoms with van der Waals surface area (Å²) in [5, 5.41) is 7.20. The molecule has 2 aromatic rings. The van der Waals surface area contributed by atoms with Crippen molar-refractivity contribution in [1.82, 2.24) is 0 Å². The van der Waals surface area contributed by atoms with Crippen LogP contribution < -0.4 is 5.32 Å². The van der Waals surface area contributed by atoms with Gasteiger partial charge in [0, 0.05) is 5.02 Å². The van der Waals surface area contributed by atoms with Crippen molar-refractivity contribution in [2.24, 2.45) is 5.16 Å². The van der Waals surface area contributed by atoms with Crippen LogP contribution in [0.1, 0.15) is 5.56 Å². The van der Waals surface area contributed by atoms with E-state index in [0.29, 0.717) is 15.7 Å². The van der Waals surface area contributed by atoms with Crippen molar-refractivity contribution in [2.75, 3.05) is 11.9 Å². The summed E-state index contributed by atoms with van der Waals surface area (Å²) in [6.07, 6.45) is 1.53.